The van der Waals surface area contributed by atoms with E-state index in [4.69, 9.17) is 4.74 Å². The molecule has 2 aliphatic heterocycles. The molecule has 2 fully saturated rings. The molecule has 0 bridgehead atoms. The predicted octanol–water partition coefficient (Wildman–Crippen LogP) is 4.79. The monoisotopic (exact) mass is 499 g/mol. The lowest BCUT2D eigenvalue weighted by atomic mass is 9.78. The second-order valence-electron chi connectivity index (χ2n) is 10.8. The lowest BCUT2D eigenvalue weighted by molar-refractivity contribution is 0.0940. The number of pyridine rings is 1. The highest BCUT2D eigenvalue weighted by molar-refractivity contribution is 5.96. The maximum absolute atomic E-state index is 12.9. The summed E-state index contributed by atoms with van der Waals surface area (Å²) in [6.07, 6.45) is 13.4. The van der Waals surface area contributed by atoms with E-state index in [2.05, 4.69) is 19.9 Å². The Morgan fingerprint density at radius 1 is 0.946 bits per heavy atom. The molecule has 0 atom stereocenters. The lowest BCUT2D eigenvalue weighted by Gasteiger charge is -2.37. The number of ether oxygens (including phenoxy) is 1. The first-order valence-electron chi connectivity index (χ1n) is 13.9. The molecule has 2 aromatic heterocycles. The summed E-state index contributed by atoms with van der Waals surface area (Å²) < 4.78 is 7.54. The second-order valence-corrected chi connectivity index (χ2v) is 10.8. The minimum atomic E-state index is 0.276. The van der Waals surface area contributed by atoms with E-state index < -0.39 is 0 Å². The smallest absolute Gasteiger partial charge is 0.163 e. The Morgan fingerprint density at radius 3 is 2.49 bits per heavy atom. The molecule has 0 unspecified atom stereocenters. The van der Waals surface area contributed by atoms with E-state index in [1.165, 1.54) is 44.2 Å². The van der Waals surface area contributed by atoms with E-state index in [9.17, 15) is 4.79 Å². The fourth-order valence-corrected chi connectivity index (χ4v) is 6.24. The van der Waals surface area contributed by atoms with Crippen molar-refractivity contribution in [2.75, 3.05) is 44.2 Å². The average Bonchev–Trinajstić information content (AvgIpc) is 3.66. The fraction of sp³-hybridized carbons (Fsp3) is 0.500. The number of aromatic nitrogens is 3. The van der Waals surface area contributed by atoms with Crippen LogP contribution in [-0.2, 0) is 6.42 Å². The van der Waals surface area contributed by atoms with Crippen molar-refractivity contribution in [2.24, 2.45) is 11.8 Å². The minimum Gasteiger partial charge on any atom is -0.493 e. The molecule has 37 heavy (non-hydrogen) atoms. The van der Waals surface area contributed by atoms with Gasteiger partial charge >= 0.3 is 0 Å². The molecular formula is C30H37N5O2. The van der Waals surface area contributed by atoms with Crippen LogP contribution in [0.15, 0.2) is 55.0 Å². The Morgan fingerprint density at radius 2 is 1.73 bits per heavy atom. The number of ketones is 1. The minimum absolute atomic E-state index is 0.276. The number of nitrogens with zero attached hydrogens (tertiary/aromatic N) is 5. The van der Waals surface area contributed by atoms with Gasteiger partial charge in [0.2, 0.25) is 0 Å². The number of anilines is 1. The van der Waals surface area contributed by atoms with Crippen LogP contribution >= 0.6 is 0 Å². The Balaban J connectivity index is 0.910. The van der Waals surface area contributed by atoms with Crippen molar-refractivity contribution >= 4 is 11.6 Å². The van der Waals surface area contributed by atoms with Crippen LogP contribution in [0.25, 0.3) is 5.69 Å². The number of carbonyl (C=O) groups is 1. The second kappa shape index (κ2) is 11.1. The summed E-state index contributed by atoms with van der Waals surface area (Å²) >= 11 is 0. The molecule has 1 aliphatic carbocycles. The third-order valence-electron chi connectivity index (χ3n) is 8.52. The largest absolute Gasteiger partial charge is 0.493 e. The third-order valence-corrected chi connectivity index (χ3v) is 8.52. The van der Waals surface area contributed by atoms with Crippen molar-refractivity contribution in [3.8, 4) is 11.4 Å². The number of piperazine rings is 1. The molecule has 6 rings (SSSR count). The number of fused-ring (bicyclic) bond motifs is 1. The molecule has 194 valence electrons. The quantitative estimate of drug-likeness (QED) is 0.415. The summed E-state index contributed by atoms with van der Waals surface area (Å²) in [5.41, 5.74) is 3.09. The van der Waals surface area contributed by atoms with Crippen molar-refractivity contribution in [3.63, 3.8) is 0 Å². The van der Waals surface area contributed by atoms with Crippen LogP contribution in [0.1, 0.15) is 54.4 Å². The van der Waals surface area contributed by atoms with Crippen molar-refractivity contribution in [2.45, 2.75) is 44.9 Å². The van der Waals surface area contributed by atoms with Crippen molar-refractivity contribution < 1.29 is 9.53 Å². The Bertz CT molecular complexity index is 1180. The predicted molar refractivity (Wildman–Crippen MR) is 145 cm³/mol. The molecule has 0 radical (unpaired) electrons. The number of hydrogen-bond acceptors (Lipinski definition) is 6. The topological polar surface area (TPSA) is 63.5 Å². The van der Waals surface area contributed by atoms with Crippen LogP contribution in [0.3, 0.4) is 0 Å². The fourth-order valence-electron chi connectivity index (χ4n) is 6.24. The summed E-state index contributed by atoms with van der Waals surface area (Å²) in [6, 6.07) is 11.7. The first-order chi connectivity index (χ1) is 18.2. The highest BCUT2D eigenvalue weighted by Crippen LogP contribution is 2.34. The molecule has 3 aromatic rings. The van der Waals surface area contributed by atoms with E-state index in [0.717, 1.165) is 67.9 Å². The zero-order chi connectivity index (χ0) is 25.0. The van der Waals surface area contributed by atoms with E-state index >= 15 is 0 Å². The first kappa shape index (κ1) is 24.2. The van der Waals surface area contributed by atoms with Gasteiger partial charge in [0.1, 0.15) is 11.6 Å². The number of Topliss-reactive ketones (excluding diaryl/α,β-unsaturated/α-hetero) is 1. The normalized spacial score (nSPS) is 22.0. The van der Waals surface area contributed by atoms with Gasteiger partial charge in [0.15, 0.2) is 5.78 Å². The van der Waals surface area contributed by atoms with Crippen LogP contribution < -0.4 is 9.64 Å². The van der Waals surface area contributed by atoms with Gasteiger partial charge in [0.25, 0.3) is 0 Å². The maximum Gasteiger partial charge on any atom is 0.163 e. The molecule has 1 saturated carbocycles. The van der Waals surface area contributed by atoms with Crippen molar-refractivity contribution in [1.82, 2.24) is 19.7 Å². The molecule has 7 heteroatoms. The van der Waals surface area contributed by atoms with Gasteiger partial charge in [-0.05, 0) is 74.0 Å². The zero-order valence-corrected chi connectivity index (χ0v) is 21.6. The first-order valence-corrected chi connectivity index (χ1v) is 13.9. The molecule has 0 spiro atoms. The van der Waals surface area contributed by atoms with Gasteiger partial charge in [-0.1, -0.05) is 12.8 Å². The van der Waals surface area contributed by atoms with E-state index in [1.807, 2.05) is 53.5 Å². The summed E-state index contributed by atoms with van der Waals surface area (Å²) in [7, 11) is 0. The van der Waals surface area contributed by atoms with Gasteiger partial charge in [-0.2, -0.15) is 5.10 Å². The van der Waals surface area contributed by atoms with Crippen LogP contribution in [0.5, 0.6) is 5.75 Å². The van der Waals surface area contributed by atoms with Crippen molar-refractivity contribution in [1.29, 1.82) is 0 Å². The third kappa shape index (κ3) is 5.57. The highest BCUT2D eigenvalue weighted by atomic mass is 16.5. The van der Waals surface area contributed by atoms with Gasteiger partial charge in [-0.3, -0.25) is 9.69 Å². The van der Waals surface area contributed by atoms with Crippen LogP contribution in [0.4, 0.5) is 5.82 Å². The highest BCUT2D eigenvalue weighted by Gasteiger charge is 2.27. The average molecular weight is 500 g/mol. The van der Waals surface area contributed by atoms with Gasteiger partial charge in [0, 0.05) is 68.7 Å². The van der Waals surface area contributed by atoms with E-state index in [1.54, 1.807) is 6.20 Å². The molecular weight excluding hydrogens is 462 g/mol. The molecule has 0 N–H and O–H groups in total. The number of benzene rings is 1. The van der Waals surface area contributed by atoms with E-state index in [-0.39, 0.29) is 5.78 Å². The summed E-state index contributed by atoms with van der Waals surface area (Å²) in [4.78, 5) is 22.6. The van der Waals surface area contributed by atoms with E-state index in [0.29, 0.717) is 12.3 Å². The Kier molecular flexibility index (Phi) is 7.22. The molecule has 4 heterocycles. The van der Waals surface area contributed by atoms with Gasteiger partial charge in [-0.15, -0.1) is 0 Å². The number of hydrogen-bond donors (Lipinski definition) is 0. The SMILES string of the molecule is O=C(CC1CCC(CCN2CCN(c3nccc4c3CCO4)CC2)CC1)c1ccc(-n2cccn2)cc1. The van der Waals surface area contributed by atoms with Crippen LogP contribution in [0.2, 0.25) is 0 Å². The summed E-state index contributed by atoms with van der Waals surface area (Å²) in [6.45, 7) is 6.27. The number of carbonyl (C=O) groups excluding carboxylic acids is 1. The molecule has 3 aliphatic rings. The molecule has 1 saturated heterocycles. The molecule has 7 nitrogen and oxygen atoms in total. The Hall–Kier alpha value is -3.19. The number of rotatable bonds is 8. The van der Waals surface area contributed by atoms with Crippen LogP contribution in [-0.4, -0.2) is 64.8 Å². The Labute approximate surface area is 219 Å². The van der Waals surface area contributed by atoms with Gasteiger partial charge < -0.3 is 9.64 Å². The van der Waals surface area contributed by atoms with Gasteiger partial charge in [-0.25, -0.2) is 9.67 Å². The summed E-state index contributed by atoms with van der Waals surface area (Å²) in [5.74, 6) is 3.76. The van der Waals surface area contributed by atoms with Crippen molar-refractivity contribution in [3.05, 3.63) is 66.1 Å². The standard InChI is InChI=1S/C30H37N5O2/c36-28(25-6-8-26(9-7-25)35-15-1-13-32-35)22-24-4-2-23(3-5-24)11-16-33-17-19-34(20-18-33)30-27-12-21-37-29(27)10-14-31-30/h1,6-10,13-15,23-24H,2-5,11-12,16-22H2. The molecule has 0 amide bonds. The lowest BCUT2D eigenvalue weighted by Crippen LogP contribution is -2.47. The zero-order valence-electron chi connectivity index (χ0n) is 21.6. The maximum atomic E-state index is 12.9. The molecule has 1 aromatic carbocycles. The summed E-state index contributed by atoms with van der Waals surface area (Å²) in [5, 5.41) is 4.25. The van der Waals surface area contributed by atoms with Gasteiger partial charge in [0.05, 0.1) is 12.3 Å². The van der Waals surface area contributed by atoms with Crippen LogP contribution in [0, 0.1) is 11.8 Å².